The molecule has 4 nitrogen and oxygen atoms in total. The Labute approximate surface area is 257 Å². The number of benzene rings is 6. The van der Waals surface area contributed by atoms with E-state index in [9.17, 15) is 5.26 Å². The van der Waals surface area contributed by atoms with Gasteiger partial charge >= 0.3 is 0 Å². The van der Waals surface area contributed by atoms with E-state index in [-0.39, 0.29) is 6.04 Å². The summed E-state index contributed by atoms with van der Waals surface area (Å²) >= 11 is 1.86. The lowest BCUT2D eigenvalue weighted by atomic mass is 9.95. The first-order valence-electron chi connectivity index (χ1n) is 14.6. The third kappa shape index (κ3) is 3.79. The van der Waals surface area contributed by atoms with Crippen LogP contribution in [0.1, 0.15) is 28.3 Å². The van der Waals surface area contributed by atoms with Crippen LogP contribution in [0.25, 0.3) is 47.7 Å². The summed E-state index contributed by atoms with van der Waals surface area (Å²) in [6, 6.07) is 48.9. The standard InChI is InChI=1S/C39H24N4S/c40-23-24-13-15-25(16-14-24)38-30-9-1-4-10-33(30)41-39(42-38)26-17-19-27(20-18-26)43-34-11-5-2-7-28(34)31-22-37-32(21-35(31)43)29-8-3-6-12-36(29)44-37/h1-22,38H,(H,41,42). The van der Waals surface area contributed by atoms with Crippen molar-refractivity contribution in [1.82, 2.24) is 4.57 Å². The summed E-state index contributed by atoms with van der Waals surface area (Å²) in [5.74, 6) is 0.832. The number of anilines is 1. The molecule has 206 valence electrons. The molecular weight excluding hydrogens is 557 g/mol. The molecule has 1 aliphatic rings. The van der Waals surface area contributed by atoms with Crippen molar-refractivity contribution in [3.05, 3.63) is 156 Å². The minimum atomic E-state index is -0.157. The highest BCUT2D eigenvalue weighted by Gasteiger charge is 2.24. The van der Waals surface area contributed by atoms with Crippen LogP contribution in [0.2, 0.25) is 0 Å². The molecule has 9 rings (SSSR count). The summed E-state index contributed by atoms with van der Waals surface area (Å²) in [7, 11) is 0. The number of aromatic nitrogens is 1. The summed E-state index contributed by atoms with van der Waals surface area (Å²) in [6.07, 6.45) is 0. The van der Waals surface area contributed by atoms with E-state index in [2.05, 4.69) is 113 Å². The smallest absolute Gasteiger partial charge is 0.133 e. The Hall–Kier alpha value is -5.70. The molecule has 5 heteroatoms. The molecule has 8 aromatic rings. The van der Waals surface area contributed by atoms with Crippen molar-refractivity contribution in [2.45, 2.75) is 6.04 Å². The number of para-hydroxylation sites is 2. The molecule has 0 aliphatic carbocycles. The first kappa shape index (κ1) is 24.9. The van der Waals surface area contributed by atoms with Gasteiger partial charge in [0.25, 0.3) is 0 Å². The lowest BCUT2D eigenvalue weighted by molar-refractivity contribution is 0.863. The van der Waals surface area contributed by atoms with Crippen LogP contribution in [-0.2, 0) is 0 Å². The van der Waals surface area contributed by atoms with Crippen LogP contribution in [0.5, 0.6) is 0 Å². The van der Waals surface area contributed by atoms with Gasteiger partial charge in [0.2, 0.25) is 0 Å². The number of hydrogen-bond donors (Lipinski definition) is 1. The van der Waals surface area contributed by atoms with Crippen LogP contribution in [0.3, 0.4) is 0 Å². The molecule has 3 heterocycles. The maximum Gasteiger partial charge on any atom is 0.133 e. The fraction of sp³-hybridized carbons (Fsp3) is 0.0256. The first-order chi connectivity index (χ1) is 21.7. The van der Waals surface area contributed by atoms with Gasteiger partial charge in [0.1, 0.15) is 11.9 Å². The number of hydrogen-bond acceptors (Lipinski definition) is 4. The predicted octanol–water partition coefficient (Wildman–Crippen LogP) is 9.98. The third-order valence-electron chi connectivity index (χ3n) is 8.69. The van der Waals surface area contributed by atoms with Crippen molar-refractivity contribution in [3.8, 4) is 11.8 Å². The zero-order valence-electron chi connectivity index (χ0n) is 23.5. The lowest BCUT2D eigenvalue weighted by Crippen LogP contribution is -2.22. The Balaban J connectivity index is 1.17. The van der Waals surface area contributed by atoms with Gasteiger partial charge in [-0.1, -0.05) is 66.7 Å². The van der Waals surface area contributed by atoms with Crippen molar-refractivity contribution in [1.29, 1.82) is 5.26 Å². The molecule has 0 fully saturated rings. The average molecular weight is 581 g/mol. The van der Waals surface area contributed by atoms with Gasteiger partial charge in [0.15, 0.2) is 0 Å². The summed E-state index contributed by atoms with van der Waals surface area (Å²) in [6.45, 7) is 0. The van der Waals surface area contributed by atoms with E-state index in [0.717, 1.165) is 33.9 Å². The molecule has 1 atom stereocenters. The molecule has 0 bridgehead atoms. The molecule has 0 radical (unpaired) electrons. The highest BCUT2D eigenvalue weighted by atomic mass is 32.1. The van der Waals surface area contributed by atoms with Crippen LogP contribution >= 0.6 is 11.3 Å². The number of fused-ring (bicyclic) bond motifs is 7. The summed E-state index contributed by atoms with van der Waals surface area (Å²) in [4.78, 5) is 5.19. The van der Waals surface area contributed by atoms with Crippen molar-refractivity contribution < 1.29 is 0 Å². The summed E-state index contributed by atoms with van der Waals surface area (Å²) < 4.78 is 5.01. The fourth-order valence-corrected chi connectivity index (χ4v) is 7.71. The molecule has 6 aromatic carbocycles. The molecule has 1 aliphatic heterocycles. The van der Waals surface area contributed by atoms with Gasteiger partial charge in [0, 0.05) is 53.4 Å². The molecular formula is C39H24N4S. The van der Waals surface area contributed by atoms with Crippen LogP contribution < -0.4 is 5.32 Å². The molecule has 44 heavy (non-hydrogen) atoms. The second-order valence-corrected chi connectivity index (χ2v) is 12.3. The Morgan fingerprint density at radius 3 is 2.25 bits per heavy atom. The second kappa shape index (κ2) is 9.67. The number of aliphatic imine (C=N–C) groups is 1. The average Bonchev–Trinajstić information content (AvgIpc) is 3.61. The van der Waals surface area contributed by atoms with Gasteiger partial charge in [-0.25, -0.2) is 0 Å². The van der Waals surface area contributed by atoms with Crippen LogP contribution in [0, 0.1) is 11.3 Å². The van der Waals surface area contributed by atoms with Gasteiger partial charge < -0.3 is 9.88 Å². The number of rotatable bonds is 3. The Bertz CT molecular complexity index is 2470. The van der Waals surface area contributed by atoms with Gasteiger partial charge in [-0.3, -0.25) is 4.99 Å². The predicted molar refractivity (Wildman–Crippen MR) is 183 cm³/mol. The Morgan fingerprint density at radius 1 is 0.659 bits per heavy atom. The van der Waals surface area contributed by atoms with E-state index in [1.807, 2.05) is 47.7 Å². The van der Waals surface area contributed by atoms with Crippen molar-refractivity contribution in [2.75, 3.05) is 5.32 Å². The van der Waals surface area contributed by atoms with Crippen LogP contribution in [0.15, 0.2) is 138 Å². The number of nitrogens with zero attached hydrogens (tertiary/aromatic N) is 3. The molecule has 0 spiro atoms. The van der Waals surface area contributed by atoms with Crippen LogP contribution in [0.4, 0.5) is 5.69 Å². The van der Waals surface area contributed by atoms with Gasteiger partial charge in [-0.2, -0.15) is 5.26 Å². The van der Waals surface area contributed by atoms with Crippen molar-refractivity contribution >= 4 is 64.8 Å². The molecule has 2 aromatic heterocycles. The van der Waals surface area contributed by atoms with Gasteiger partial charge in [-0.05, 0) is 72.3 Å². The van der Waals surface area contributed by atoms with E-state index >= 15 is 0 Å². The fourth-order valence-electron chi connectivity index (χ4n) is 6.58. The van der Waals surface area contributed by atoms with Crippen molar-refractivity contribution in [2.24, 2.45) is 4.99 Å². The molecule has 1 N–H and O–H groups in total. The zero-order valence-corrected chi connectivity index (χ0v) is 24.3. The minimum Gasteiger partial charge on any atom is -0.340 e. The molecule has 0 saturated carbocycles. The molecule has 1 unspecified atom stereocenters. The second-order valence-electron chi connectivity index (χ2n) is 11.2. The minimum absolute atomic E-state index is 0.157. The maximum absolute atomic E-state index is 9.29. The summed E-state index contributed by atoms with van der Waals surface area (Å²) in [5.41, 5.74) is 8.41. The normalized spacial score (nSPS) is 14.4. The third-order valence-corrected chi connectivity index (χ3v) is 9.83. The Kier molecular flexibility index (Phi) is 5.46. The van der Waals surface area contributed by atoms with E-state index in [1.165, 1.54) is 42.0 Å². The SMILES string of the molecule is N#Cc1ccc(C2N=C(c3ccc(-n4c5ccccc5c5cc6sc7ccccc7c6cc54)cc3)Nc3ccccc32)cc1. The van der Waals surface area contributed by atoms with E-state index in [4.69, 9.17) is 4.99 Å². The number of nitrogens with one attached hydrogen (secondary N) is 1. The summed E-state index contributed by atoms with van der Waals surface area (Å²) in [5, 5.41) is 18.0. The largest absolute Gasteiger partial charge is 0.340 e. The van der Waals surface area contributed by atoms with Crippen LogP contribution in [-0.4, -0.2) is 10.4 Å². The van der Waals surface area contributed by atoms with E-state index in [0.29, 0.717) is 5.56 Å². The number of amidine groups is 1. The maximum atomic E-state index is 9.29. The molecule has 0 amide bonds. The molecule has 0 saturated heterocycles. The van der Waals surface area contributed by atoms with E-state index in [1.54, 1.807) is 0 Å². The number of nitriles is 1. The highest BCUT2D eigenvalue weighted by molar-refractivity contribution is 7.25. The number of thiophene rings is 1. The topological polar surface area (TPSA) is 53.1 Å². The van der Waals surface area contributed by atoms with Crippen molar-refractivity contribution in [3.63, 3.8) is 0 Å². The quantitative estimate of drug-likeness (QED) is 0.226. The lowest BCUT2D eigenvalue weighted by Gasteiger charge is -2.26. The zero-order chi connectivity index (χ0) is 29.2. The van der Waals surface area contributed by atoms with Gasteiger partial charge in [-0.15, -0.1) is 11.3 Å². The van der Waals surface area contributed by atoms with Gasteiger partial charge in [0.05, 0.1) is 22.7 Å². The highest BCUT2D eigenvalue weighted by Crippen LogP contribution is 2.41. The monoisotopic (exact) mass is 580 g/mol. The van der Waals surface area contributed by atoms with E-state index < -0.39 is 0 Å². The first-order valence-corrected chi connectivity index (χ1v) is 15.5. The Morgan fingerprint density at radius 2 is 1.41 bits per heavy atom.